The number of benzene rings is 1. The molecular weight excluding hydrogens is 198 g/mol. The van der Waals surface area contributed by atoms with Gasteiger partial charge in [-0.25, -0.2) is 0 Å². The smallest absolute Gasteiger partial charge is 0.119 e. The van der Waals surface area contributed by atoms with E-state index in [9.17, 15) is 0 Å². The minimum Gasteiger partial charge on any atom is -0.494 e. The molecule has 0 aliphatic carbocycles. The summed E-state index contributed by atoms with van der Waals surface area (Å²) in [5.41, 5.74) is 2.06. The van der Waals surface area contributed by atoms with E-state index in [0.717, 1.165) is 43.8 Å². The molecule has 1 N–H and O–H groups in total. The van der Waals surface area contributed by atoms with Gasteiger partial charge >= 0.3 is 0 Å². The molecule has 0 fully saturated rings. The molecule has 16 heavy (non-hydrogen) atoms. The van der Waals surface area contributed by atoms with Crippen LogP contribution in [0, 0.1) is 5.41 Å². The third-order valence-corrected chi connectivity index (χ3v) is 2.39. The van der Waals surface area contributed by atoms with Crippen LogP contribution in [0.15, 0.2) is 24.3 Å². The average Bonchev–Trinajstić information content (AvgIpc) is 2.26. The van der Waals surface area contributed by atoms with E-state index in [2.05, 4.69) is 19.1 Å². The second-order valence-corrected chi connectivity index (χ2v) is 4.13. The molecule has 0 bridgehead atoms. The summed E-state index contributed by atoms with van der Waals surface area (Å²) in [5.74, 6) is 0.964. The summed E-state index contributed by atoms with van der Waals surface area (Å²) >= 11 is 0. The van der Waals surface area contributed by atoms with Crippen molar-refractivity contribution in [3.63, 3.8) is 0 Å². The van der Waals surface area contributed by atoms with Crippen molar-refractivity contribution < 1.29 is 4.74 Å². The standard InChI is InChI=1S/C14H21NO/c1-3-10-16-14-9-5-8-13(11-14)7-4-6-12(2)15/h5,8-9,11,15H,3-4,6-7,10H2,1-2H3. The topological polar surface area (TPSA) is 33.1 Å². The maximum absolute atomic E-state index is 7.37. The molecule has 1 aromatic carbocycles. The molecule has 0 amide bonds. The van der Waals surface area contributed by atoms with E-state index in [1.165, 1.54) is 5.56 Å². The summed E-state index contributed by atoms with van der Waals surface area (Å²) in [5, 5.41) is 7.37. The summed E-state index contributed by atoms with van der Waals surface area (Å²) < 4.78 is 5.58. The van der Waals surface area contributed by atoms with Crippen molar-refractivity contribution in [2.75, 3.05) is 6.61 Å². The van der Waals surface area contributed by atoms with Gasteiger partial charge in [0.2, 0.25) is 0 Å². The lowest BCUT2D eigenvalue weighted by Crippen LogP contribution is -1.96. The molecule has 0 spiro atoms. The largest absolute Gasteiger partial charge is 0.494 e. The van der Waals surface area contributed by atoms with Crippen molar-refractivity contribution >= 4 is 5.71 Å². The second kappa shape index (κ2) is 7.04. The van der Waals surface area contributed by atoms with Crippen molar-refractivity contribution in [2.24, 2.45) is 0 Å². The van der Waals surface area contributed by atoms with Crippen molar-refractivity contribution in [3.05, 3.63) is 29.8 Å². The summed E-state index contributed by atoms with van der Waals surface area (Å²) in [6.45, 7) is 4.75. The van der Waals surface area contributed by atoms with Gasteiger partial charge in [0.1, 0.15) is 5.75 Å². The molecule has 0 heterocycles. The van der Waals surface area contributed by atoms with Crippen LogP contribution in [0.1, 0.15) is 38.7 Å². The van der Waals surface area contributed by atoms with E-state index >= 15 is 0 Å². The van der Waals surface area contributed by atoms with Gasteiger partial charge in [-0.2, -0.15) is 0 Å². The van der Waals surface area contributed by atoms with Crippen LogP contribution >= 0.6 is 0 Å². The quantitative estimate of drug-likeness (QED) is 0.694. The highest BCUT2D eigenvalue weighted by Crippen LogP contribution is 2.15. The maximum atomic E-state index is 7.37. The van der Waals surface area contributed by atoms with Crippen molar-refractivity contribution in [2.45, 2.75) is 39.5 Å². The number of rotatable bonds is 7. The fourth-order valence-corrected chi connectivity index (χ4v) is 1.57. The third kappa shape index (κ3) is 4.96. The molecule has 2 heteroatoms. The van der Waals surface area contributed by atoms with Crippen molar-refractivity contribution in [3.8, 4) is 5.75 Å². The van der Waals surface area contributed by atoms with E-state index in [0.29, 0.717) is 0 Å². The molecule has 0 saturated heterocycles. The van der Waals surface area contributed by atoms with E-state index in [1.54, 1.807) is 0 Å². The average molecular weight is 219 g/mol. The normalized spacial score (nSPS) is 10.1. The van der Waals surface area contributed by atoms with Gasteiger partial charge in [0.25, 0.3) is 0 Å². The highest BCUT2D eigenvalue weighted by molar-refractivity contribution is 5.78. The number of hydrogen-bond acceptors (Lipinski definition) is 2. The van der Waals surface area contributed by atoms with Gasteiger partial charge < -0.3 is 10.1 Å². The Bertz CT molecular complexity index is 333. The van der Waals surface area contributed by atoms with Gasteiger partial charge in [-0.15, -0.1) is 0 Å². The number of nitrogens with one attached hydrogen (secondary N) is 1. The summed E-state index contributed by atoms with van der Waals surface area (Å²) in [4.78, 5) is 0. The van der Waals surface area contributed by atoms with E-state index in [1.807, 2.05) is 19.1 Å². The summed E-state index contributed by atoms with van der Waals surface area (Å²) in [6.07, 6.45) is 4.00. The first kappa shape index (κ1) is 12.8. The van der Waals surface area contributed by atoms with Crippen molar-refractivity contribution in [1.29, 1.82) is 5.41 Å². The molecular formula is C14H21NO. The van der Waals surface area contributed by atoms with Crippen LogP contribution in [0.2, 0.25) is 0 Å². The molecule has 0 unspecified atom stereocenters. The van der Waals surface area contributed by atoms with Gasteiger partial charge in [-0.1, -0.05) is 19.1 Å². The molecule has 2 nitrogen and oxygen atoms in total. The summed E-state index contributed by atoms with van der Waals surface area (Å²) in [7, 11) is 0. The van der Waals surface area contributed by atoms with Gasteiger partial charge in [0.05, 0.1) is 6.61 Å². The van der Waals surface area contributed by atoms with Crippen LogP contribution in [0.3, 0.4) is 0 Å². The first-order valence-corrected chi connectivity index (χ1v) is 5.98. The van der Waals surface area contributed by atoms with E-state index in [-0.39, 0.29) is 0 Å². The lowest BCUT2D eigenvalue weighted by molar-refractivity contribution is 0.317. The van der Waals surface area contributed by atoms with Gasteiger partial charge in [0.15, 0.2) is 0 Å². The molecule has 1 aromatic rings. The maximum Gasteiger partial charge on any atom is 0.119 e. The predicted octanol–water partition coefficient (Wildman–Crippen LogP) is 3.84. The van der Waals surface area contributed by atoms with Crippen LogP contribution in [0.5, 0.6) is 5.75 Å². The van der Waals surface area contributed by atoms with Crippen LogP contribution in [0.25, 0.3) is 0 Å². The Morgan fingerprint density at radius 3 is 2.88 bits per heavy atom. The first-order valence-electron chi connectivity index (χ1n) is 5.98. The lowest BCUT2D eigenvalue weighted by atomic mass is 10.1. The molecule has 0 radical (unpaired) electrons. The fourth-order valence-electron chi connectivity index (χ4n) is 1.57. The fraction of sp³-hybridized carbons (Fsp3) is 0.500. The lowest BCUT2D eigenvalue weighted by Gasteiger charge is -2.06. The Balaban J connectivity index is 2.43. The SMILES string of the molecule is CCCOc1cccc(CCCC(C)=N)c1. The number of hydrogen-bond donors (Lipinski definition) is 1. The Hall–Kier alpha value is -1.31. The Labute approximate surface area is 98.1 Å². The predicted molar refractivity (Wildman–Crippen MR) is 68.6 cm³/mol. The monoisotopic (exact) mass is 219 g/mol. The zero-order chi connectivity index (χ0) is 11.8. The first-order chi connectivity index (χ1) is 7.72. The Kier molecular flexibility index (Phi) is 5.62. The van der Waals surface area contributed by atoms with Gasteiger partial charge in [0, 0.05) is 5.71 Å². The molecule has 0 aliphatic heterocycles. The van der Waals surface area contributed by atoms with Crippen LogP contribution in [0.4, 0.5) is 0 Å². The highest BCUT2D eigenvalue weighted by Gasteiger charge is 1.97. The molecule has 88 valence electrons. The summed E-state index contributed by atoms with van der Waals surface area (Å²) in [6, 6.07) is 8.27. The minimum atomic E-state index is 0.762. The molecule has 1 rings (SSSR count). The molecule has 0 aromatic heterocycles. The molecule has 0 atom stereocenters. The number of ether oxygens (including phenoxy) is 1. The van der Waals surface area contributed by atoms with E-state index < -0.39 is 0 Å². The highest BCUT2D eigenvalue weighted by atomic mass is 16.5. The Morgan fingerprint density at radius 2 is 2.19 bits per heavy atom. The van der Waals surface area contributed by atoms with Gasteiger partial charge in [-0.05, 0) is 50.3 Å². The van der Waals surface area contributed by atoms with Crippen molar-refractivity contribution in [1.82, 2.24) is 0 Å². The zero-order valence-corrected chi connectivity index (χ0v) is 10.3. The third-order valence-electron chi connectivity index (χ3n) is 2.39. The minimum absolute atomic E-state index is 0.762. The van der Waals surface area contributed by atoms with Crippen LogP contribution in [-0.4, -0.2) is 12.3 Å². The number of aryl methyl sites for hydroxylation is 1. The zero-order valence-electron chi connectivity index (χ0n) is 10.3. The second-order valence-electron chi connectivity index (χ2n) is 4.13. The molecule has 0 aliphatic rings. The van der Waals surface area contributed by atoms with Gasteiger partial charge in [-0.3, -0.25) is 0 Å². The van der Waals surface area contributed by atoms with E-state index in [4.69, 9.17) is 10.1 Å². The van der Waals surface area contributed by atoms with Crippen LogP contribution in [-0.2, 0) is 6.42 Å². The van der Waals surface area contributed by atoms with Crippen LogP contribution < -0.4 is 4.74 Å². The Morgan fingerprint density at radius 1 is 1.38 bits per heavy atom. The molecule has 0 saturated carbocycles.